The second kappa shape index (κ2) is 5.75. The normalized spacial score (nSPS) is 10.4. The van der Waals surface area contributed by atoms with E-state index in [-0.39, 0.29) is 0 Å². The van der Waals surface area contributed by atoms with Crippen LogP contribution in [0.25, 0.3) is 22.4 Å². The predicted molar refractivity (Wildman–Crippen MR) is 82.8 cm³/mol. The minimum absolute atomic E-state index is 0.868. The number of pyridine rings is 2. The quantitative estimate of drug-likeness (QED) is 0.687. The Labute approximate surface area is 124 Å². The molecule has 0 N–H and O–H groups in total. The first-order valence-electron chi connectivity index (χ1n) is 6.83. The molecule has 0 saturated carbocycles. The molecule has 21 heavy (non-hydrogen) atoms. The first-order chi connectivity index (χ1) is 10.3. The maximum Gasteiger partial charge on any atom is 0.216 e. The summed E-state index contributed by atoms with van der Waals surface area (Å²) in [6.07, 6.45) is 5.66. The fourth-order valence-electron chi connectivity index (χ4n) is 2.51. The zero-order chi connectivity index (χ0) is 14.7. The molecule has 2 heterocycles. The molecule has 0 atom stereocenters. The molecule has 1 aromatic carbocycles. The Hall–Kier alpha value is -2.68. The second-order valence-corrected chi connectivity index (χ2v) is 4.82. The zero-order valence-corrected chi connectivity index (χ0v) is 12.2. The molecular weight excluding hydrogens is 260 g/mol. The van der Waals surface area contributed by atoms with E-state index < -0.39 is 0 Å². The molecule has 3 heteroatoms. The lowest BCUT2D eigenvalue weighted by atomic mass is 10.0. The molecule has 0 radical (unpaired) electrons. The van der Waals surface area contributed by atoms with E-state index in [2.05, 4.69) is 27.8 Å². The lowest BCUT2D eigenvalue weighted by molar-refractivity contribution is -0.660. The smallest absolute Gasteiger partial charge is 0.216 e. The van der Waals surface area contributed by atoms with Crippen molar-refractivity contribution < 1.29 is 9.30 Å². The third-order valence-electron chi connectivity index (χ3n) is 3.52. The number of nitrogens with zero attached hydrogens (tertiary/aromatic N) is 2. The summed E-state index contributed by atoms with van der Waals surface area (Å²) in [7, 11) is 3.74. The fourth-order valence-corrected chi connectivity index (χ4v) is 2.51. The molecule has 0 spiro atoms. The zero-order valence-electron chi connectivity index (χ0n) is 12.2. The molecule has 0 aliphatic rings. The number of rotatable bonds is 3. The van der Waals surface area contributed by atoms with Gasteiger partial charge in [0.25, 0.3) is 0 Å². The van der Waals surface area contributed by atoms with Crippen LogP contribution in [0.4, 0.5) is 0 Å². The average molecular weight is 277 g/mol. The molecule has 0 saturated heterocycles. The van der Waals surface area contributed by atoms with Crippen molar-refractivity contribution >= 4 is 0 Å². The molecule has 2 aromatic heterocycles. The van der Waals surface area contributed by atoms with E-state index in [4.69, 9.17) is 4.74 Å². The number of hydrogen-bond donors (Lipinski definition) is 0. The maximum atomic E-state index is 5.70. The van der Waals surface area contributed by atoms with Gasteiger partial charge in [0.2, 0.25) is 5.69 Å². The van der Waals surface area contributed by atoms with Crippen LogP contribution in [0, 0.1) is 0 Å². The number of hydrogen-bond acceptors (Lipinski definition) is 2. The highest BCUT2D eigenvalue weighted by Gasteiger charge is 2.17. The predicted octanol–water partition coefficient (Wildman–Crippen LogP) is 3.25. The molecule has 0 unspecified atom stereocenters. The Morgan fingerprint density at radius 1 is 0.952 bits per heavy atom. The van der Waals surface area contributed by atoms with Crippen molar-refractivity contribution in [3.05, 3.63) is 67.1 Å². The van der Waals surface area contributed by atoms with Gasteiger partial charge in [-0.25, -0.2) is 4.57 Å². The first-order valence-corrected chi connectivity index (χ1v) is 6.83. The standard InChI is InChI=1S/C18H17N2O/c1-20-12-4-3-10-17(20)16-9-5-8-15(18(16)21-2)14-7-6-11-19-13-14/h3-13H,1-2H3/q+1. The summed E-state index contributed by atoms with van der Waals surface area (Å²) in [5.74, 6) is 0.868. The van der Waals surface area contributed by atoms with Gasteiger partial charge in [-0.05, 0) is 18.2 Å². The van der Waals surface area contributed by atoms with Gasteiger partial charge in [0.15, 0.2) is 6.20 Å². The number of para-hydroxylation sites is 1. The van der Waals surface area contributed by atoms with Crippen LogP contribution in [-0.4, -0.2) is 12.1 Å². The van der Waals surface area contributed by atoms with Crippen molar-refractivity contribution in [3.63, 3.8) is 0 Å². The van der Waals surface area contributed by atoms with E-state index >= 15 is 0 Å². The molecule has 3 rings (SSSR count). The highest BCUT2D eigenvalue weighted by atomic mass is 16.5. The van der Waals surface area contributed by atoms with Gasteiger partial charge in [0, 0.05) is 35.7 Å². The summed E-state index contributed by atoms with van der Waals surface area (Å²) in [5.41, 5.74) is 4.28. The summed E-state index contributed by atoms with van der Waals surface area (Å²) in [5, 5.41) is 0. The Bertz CT molecular complexity index is 754. The summed E-state index contributed by atoms with van der Waals surface area (Å²) in [6.45, 7) is 0. The number of aryl methyl sites for hydroxylation is 1. The summed E-state index contributed by atoms with van der Waals surface area (Å²) in [6, 6.07) is 16.3. The van der Waals surface area contributed by atoms with Gasteiger partial charge in [-0.3, -0.25) is 4.98 Å². The largest absolute Gasteiger partial charge is 0.495 e. The Balaban J connectivity index is 2.22. The van der Waals surface area contributed by atoms with Gasteiger partial charge in [-0.1, -0.05) is 18.2 Å². The number of benzene rings is 1. The molecular formula is C18H17N2O+. The molecule has 3 aromatic rings. The Morgan fingerprint density at radius 3 is 2.52 bits per heavy atom. The number of ether oxygens (including phenoxy) is 1. The maximum absolute atomic E-state index is 5.70. The van der Waals surface area contributed by atoms with Crippen LogP contribution in [0.3, 0.4) is 0 Å². The van der Waals surface area contributed by atoms with Crippen LogP contribution in [0.15, 0.2) is 67.1 Å². The van der Waals surface area contributed by atoms with Crippen molar-refractivity contribution in [1.29, 1.82) is 0 Å². The van der Waals surface area contributed by atoms with Gasteiger partial charge < -0.3 is 4.74 Å². The molecule has 0 aliphatic carbocycles. The van der Waals surface area contributed by atoms with Crippen LogP contribution < -0.4 is 9.30 Å². The Kier molecular flexibility index (Phi) is 3.65. The van der Waals surface area contributed by atoms with Crippen LogP contribution in [0.1, 0.15) is 0 Å². The topological polar surface area (TPSA) is 26.0 Å². The SMILES string of the molecule is COc1c(-c2cccnc2)cccc1-c1cccc[n+]1C. The lowest BCUT2D eigenvalue weighted by Gasteiger charge is -2.12. The van der Waals surface area contributed by atoms with Crippen molar-refractivity contribution in [2.45, 2.75) is 0 Å². The van der Waals surface area contributed by atoms with Gasteiger partial charge in [-0.2, -0.15) is 0 Å². The van der Waals surface area contributed by atoms with E-state index in [1.54, 1.807) is 13.3 Å². The van der Waals surface area contributed by atoms with Crippen LogP contribution >= 0.6 is 0 Å². The van der Waals surface area contributed by atoms with Crippen LogP contribution in [0.5, 0.6) is 5.75 Å². The highest BCUT2D eigenvalue weighted by Crippen LogP contribution is 2.37. The number of methoxy groups -OCH3 is 1. The van der Waals surface area contributed by atoms with Crippen LogP contribution in [-0.2, 0) is 7.05 Å². The highest BCUT2D eigenvalue weighted by molar-refractivity contribution is 5.80. The third kappa shape index (κ3) is 2.50. The van der Waals surface area contributed by atoms with Gasteiger partial charge in [0.1, 0.15) is 12.8 Å². The summed E-state index contributed by atoms with van der Waals surface area (Å²) in [4.78, 5) is 4.20. The average Bonchev–Trinajstić information content (AvgIpc) is 2.55. The van der Waals surface area contributed by atoms with Gasteiger partial charge in [0.05, 0.1) is 12.7 Å². The molecule has 0 aliphatic heterocycles. The van der Waals surface area contributed by atoms with E-state index in [0.717, 1.165) is 28.1 Å². The summed E-state index contributed by atoms with van der Waals surface area (Å²) >= 11 is 0. The molecule has 0 fully saturated rings. The molecule has 104 valence electrons. The monoisotopic (exact) mass is 277 g/mol. The van der Waals surface area contributed by atoms with E-state index in [0.29, 0.717) is 0 Å². The van der Waals surface area contributed by atoms with E-state index in [1.807, 2.05) is 49.8 Å². The first kappa shape index (κ1) is 13.3. The van der Waals surface area contributed by atoms with Crippen molar-refractivity contribution in [2.75, 3.05) is 7.11 Å². The second-order valence-electron chi connectivity index (χ2n) is 4.82. The van der Waals surface area contributed by atoms with Crippen molar-refractivity contribution in [1.82, 2.24) is 4.98 Å². The third-order valence-corrected chi connectivity index (χ3v) is 3.52. The minimum atomic E-state index is 0.868. The molecule has 0 amide bonds. The minimum Gasteiger partial charge on any atom is -0.495 e. The fraction of sp³-hybridized carbons (Fsp3) is 0.111. The molecule has 0 bridgehead atoms. The van der Waals surface area contributed by atoms with E-state index in [9.17, 15) is 0 Å². The van der Waals surface area contributed by atoms with Crippen molar-refractivity contribution in [3.8, 4) is 28.1 Å². The Morgan fingerprint density at radius 2 is 1.81 bits per heavy atom. The number of aromatic nitrogens is 2. The van der Waals surface area contributed by atoms with Crippen LogP contribution in [0.2, 0.25) is 0 Å². The molecule has 3 nitrogen and oxygen atoms in total. The van der Waals surface area contributed by atoms with Gasteiger partial charge >= 0.3 is 0 Å². The lowest BCUT2D eigenvalue weighted by Crippen LogP contribution is -2.30. The van der Waals surface area contributed by atoms with Crippen molar-refractivity contribution in [2.24, 2.45) is 7.05 Å². The van der Waals surface area contributed by atoms with E-state index in [1.165, 1.54) is 0 Å². The van der Waals surface area contributed by atoms with Gasteiger partial charge in [-0.15, -0.1) is 0 Å². The summed E-state index contributed by atoms with van der Waals surface area (Å²) < 4.78 is 7.79.